The molecule has 0 saturated heterocycles. The first-order valence-corrected chi connectivity index (χ1v) is 8.28. The van der Waals surface area contributed by atoms with Crippen LogP contribution in [0.3, 0.4) is 0 Å². The first-order chi connectivity index (χ1) is 11.0. The molecule has 2 aromatic rings. The highest BCUT2D eigenvalue weighted by atomic mass is 32.1. The van der Waals surface area contributed by atoms with E-state index in [9.17, 15) is 0 Å². The molecule has 4 heteroatoms. The van der Waals surface area contributed by atoms with E-state index in [4.69, 9.17) is 12.2 Å². The third kappa shape index (κ3) is 3.42. The fourth-order valence-electron chi connectivity index (χ4n) is 2.86. The van der Waals surface area contributed by atoms with Gasteiger partial charge in [-0.05, 0) is 73.3 Å². The lowest BCUT2D eigenvalue weighted by atomic mass is 10.0. The van der Waals surface area contributed by atoms with Gasteiger partial charge in [-0.3, -0.25) is 5.43 Å². The molecule has 0 radical (unpaired) electrons. The summed E-state index contributed by atoms with van der Waals surface area (Å²) in [4.78, 5) is 0. The van der Waals surface area contributed by atoms with Crippen LogP contribution < -0.4 is 10.7 Å². The van der Waals surface area contributed by atoms with Gasteiger partial charge in [-0.2, -0.15) is 5.10 Å². The SMILES string of the molecule is C/C(=N/NC(=S)NC(C)C)c1ccc2c(c1)Cc1ccccc1-2. The summed E-state index contributed by atoms with van der Waals surface area (Å²) in [6, 6.07) is 15.4. The molecule has 0 unspecified atom stereocenters. The molecule has 2 N–H and O–H groups in total. The molecule has 3 nitrogen and oxygen atoms in total. The average molecular weight is 323 g/mol. The molecule has 0 atom stereocenters. The van der Waals surface area contributed by atoms with Crippen LogP contribution in [0, 0.1) is 0 Å². The number of benzene rings is 2. The molecule has 3 rings (SSSR count). The number of hydrogen-bond donors (Lipinski definition) is 2. The summed E-state index contributed by atoms with van der Waals surface area (Å²) in [5.41, 5.74) is 10.4. The Hall–Kier alpha value is -2.20. The molecule has 118 valence electrons. The second-order valence-electron chi connectivity index (χ2n) is 6.14. The number of rotatable bonds is 3. The van der Waals surface area contributed by atoms with Gasteiger partial charge in [-0.15, -0.1) is 0 Å². The zero-order valence-corrected chi connectivity index (χ0v) is 14.5. The molecule has 0 amide bonds. The molecule has 0 spiro atoms. The smallest absolute Gasteiger partial charge is 0.187 e. The Morgan fingerprint density at radius 1 is 1.09 bits per heavy atom. The summed E-state index contributed by atoms with van der Waals surface area (Å²) < 4.78 is 0. The highest BCUT2D eigenvalue weighted by molar-refractivity contribution is 7.80. The van der Waals surface area contributed by atoms with Gasteiger partial charge in [0.2, 0.25) is 0 Å². The molecule has 23 heavy (non-hydrogen) atoms. The Bertz CT molecular complexity index is 778. The summed E-state index contributed by atoms with van der Waals surface area (Å²) in [5, 5.41) is 8.05. The van der Waals surface area contributed by atoms with E-state index >= 15 is 0 Å². The molecule has 0 aromatic heterocycles. The van der Waals surface area contributed by atoms with Gasteiger partial charge in [0.25, 0.3) is 0 Å². The number of hydrazone groups is 1. The van der Waals surface area contributed by atoms with Gasteiger partial charge in [-0.1, -0.05) is 36.4 Å². The number of nitrogens with one attached hydrogen (secondary N) is 2. The van der Waals surface area contributed by atoms with Gasteiger partial charge in [0, 0.05) is 6.04 Å². The van der Waals surface area contributed by atoms with Crippen molar-refractivity contribution < 1.29 is 0 Å². The fraction of sp³-hybridized carbons (Fsp3) is 0.263. The third-order valence-corrected chi connectivity index (χ3v) is 4.17. The molecule has 2 aromatic carbocycles. The van der Waals surface area contributed by atoms with E-state index in [0.29, 0.717) is 11.2 Å². The Morgan fingerprint density at radius 3 is 2.61 bits per heavy atom. The van der Waals surface area contributed by atoms with Crippen LogP contribution >= 0.6 is 12.2 Å². The first kappa shape index (κ1) is 15.7. The standard InChI is InChI=1S/C19H21N3S/c1-12(2)20-19(23)22-21-13(3)14-8-9-18-16(10-14)11-15-6-4-5-7-17(15)18/h4-10,12H,11H2,1-3H3,(H2,20,22,23)/b21-13-. The minimum absolute atomic E-state index is 0.295. The van der Waals surface area contributed by atoms with E-state index in [1.807, 2.05) is 20.8 Å². The van der Waals surface area contributed by atoms with Gasteiger partial charge < -0.3 is 5.32 Å². The van der Waals surface area contributed by atoms with Crippen molar-refractivity contribution in [3.05, 3.63) is 59.2 Å². The molecule has 0 aliphatic heterocycles. The second-order valence-corrected chi connectivity index (χ2v) is 6.55. The maximum Gasteiger partial charge on any atom is 0.187 e. The van der Waals surface area contributed by atoms with E-state index in [-0.39, 0.29) is 0 Å². The van der Waals surface area contributed by atoms with Crippen molar-refractivity contribution in [3.8, 4) is 11.1 Å². The summed E-state index contributed by atoms with van der Waals surface area (Å²) in [6.45, 7) is 6.08. The minimum Gasteiger partial charge on any atom is -0.359 e. The summed E-state index contributed by atoms with van der Waals surface area (Å²) in [6.07, 6.45) is 0.993. The van der Waals surface area contributed by atoms with E-state index in [2.05, 4.69) is 58.3 Å². The van der Waals surface area contributed by atoms with Crippen LogP contribution in [-0.4, -0.2) is 16.9 Å². The lowest BCUT2D eigenvalue weighted by Gasteiger charge is -2.11. The largest absolute Gasteiger partial charge is 0.359 e. The van der Waals surface area contributed by atoms with Gasteiger partial charge in [0.05, 0.1) is 5.71 Å². The number of thiocarbonyl (C=S) groups is 1. The van der Waals surface area contributed by atoms with E-state index in [0.717, 1.165) is 17.7 Å². The van der Waals surface area contributed by atoms with Gasteiger partial charge in [0.15, 0.2) is 5.11 Å². The Kier molecular flexibility index (Phi) is 4.44. The monoisotopic (exact) mass is 323 g/mol. The fourth-order valence-corrected chi connectivity index (χ4v) is 3.15. The topological polar surface area (TPSA) is 36.4 Å². The number of nitrogens with zero attached hydrogens (tertiary/aromatic N) is 1. The van der Waals surface area contributed by atoms with E-state index < -0.39 is 0 Å². The van der Waals surface area contributed by atoms with Crippen LogP contribution in [0.5, 0.6) is 0 Å². The number of fused-ring (bicyclic) bond motifs is 3. The predicted molar refractivity (Wildman–Crippen MR) is 101 cm³/mol. The molecule has 0 fully saturated rings. The zero-order chi connectivity index (χ0) is 16.4. The predicted octanol–water partition coefficient (Wildman–Crippen LogP) is 3.85. The Labute approximate surface area is 142 Å². The normalized spacial score (nSPS) is 12.8. The van der Waals surface area contributed by atoms with Crippen molar-refractivity contribution in [3.63, 3.8) is 0 Å². The highest BCUT2D eigenvalue weighted by Gasteiger charge is 2.18. The Balaban J connectivity index is 1.78. The quantitative estimate of drug-likeness (QED) is 0.437. The summed E-state index contributed by atoms with van der Waals surface area (Å²) in [5.74, 6) is 0. The van der Waals surface area contributed by atoms with Crippen LogP contribution in [0.25, 0.3) is 11.1 Å². The first-order valence-electron chi connectivity index (χ1n) is 7.87. The molecule has 1 aliphatic rings. The third-order valence-electron chi connectivity index (χ3n) is 3.96. The van der Waals surface area contributed by atoms with Gasteiger partial charge in [0.1, 0.15) is 0 Å². The number of hydrogen-bond acceptors (Lipinski definition) is 2. The molecular weight excluding hydrogens is 302 g/mol. The van der Waals surface area contributed by atoms with Crippen LogP contribution in [0.15, 0.2) is 47.6 Å². The second kappa shape index (κ2) is 6.50. The van der Waals surface area contributed by atoms with Crippen molar-refractivity contribution in [2.45, 2.75) is 33.2 Å². The molecular formula is C19H21N3S. The van der Waals surface area contributed by atoms with Crippen molar-refractivity contribution in [2.75, 3.05) is 0 Å². The van der Waals surface area contributed by atoms with Crippen LogP contribution in [0.4, 0.5) is 0 Å². The maximum absolute atomic E-state index is 5.20. The van der Waals surface area contributed by atoms with Gasteiger partial charge in [-0.25, -0.2) is 0 Å². The summed E-state index contributed by atoms with van der Waals surface area (Å²) in [7, 11) is 0. The van der Waals surface area contributed by atoms with Crippen molar-refractivity contribution in [1.82, 2.24) is 10.7 Å². The van der Waals surface area contributed by atoms with Gasteiger partial charge >= 0.3 is 0 Å². The Morgan fingerprint density at radius 2 is 1.83 bits per heavy atom. The minimum atomic E-state index is 0.295. The van der Waals surface area contributed by atoms with E-state index in [1.54, 1.807) is 0 Å². The highest BCUT2D eigenvalue weighted by Crippen LogP contribution is 2.36. The molecule has 0 heterocycles. The lowest BCUT2D eigenvalue weighted by molar-refractivity contribution is 0.719. The van der Waals surface area contributed by atoms with Crippen molar-refractivity contribution >= 4 is 23.0 Å². The summed E-state index contributed by atoms with van der Waals surface area (Å²) >= 11 is 5.20. The maximum atomic E-state index is 5.20. The molecule has 0 saturated carbocycles. The average Bonchev–Trinajstić information content (AvgIpc) is 2.89. The van der Waals surface area contributed by atoms with Crippen LogP contribution in [0.2, 0.25) is 0 Å². The molecule has 0 bridgehead atoms. The molecule has 1 aliphatic carbocycles. The van der Waals surface area contributed by atoms with E-state index in [1.165, 1.54) is 22.3 Å². The van der Waals surface area contributed by atoms with Crippen LogP contribution in [0.1, 0.15) is 37.5 Å². The van der Waals surface area contributed by atoms with Crippen molar-refractivity contribution in [2.24, 2.45) is 5.10 Å². The lowest BCUT2D eigenvalue weighted by Crippen LogP contribution is -2.37. The zero-order valence-electron chi connectivity index (χ0n) is 13.7. The van der Waals surface area contributed by atoms with Crippen molar-refractivity contribution in [1.29, 1.82) is 0 Å². The van der Waals surface area contributed by atoms with Crippen LogP contribution in [-0.2, 0) is 6.42 Å².